The zero-order valence-corrected chi connectivity index (χ0v) is 14.5. The zero-order valence-electron chi connectivity index (χ0n) is 14.5. The third-order valence-electron chi connectivity index (χ3n) is 3.75. The molecule has 0 saturated heterocycles. The van der Waals surface area contributed by atoms with Crippen molar-refractivity contribution in [2.75, 3.05) is 6.54 Å². The van der Waals surface area contributed by atoms with Crippen molar-refractivity contribution < 1.29 is 14.0 Å². The minimum absolute atomic E-state index is 0.0250. The van der Waals surface area contributed by atoms with Crippen molar-refractivity contribution in [3.8, 4) is 0 Å². The number of carbonyl (C=O) groups is 2. The van der Waals surface area contributed by atoms with Crippen LogP contribution in [0.15, 0.2) is 53.1 Å². The molecule has 25 heavy (non-hydrogen) atoms. The van der Waals surface area contributed by atoms with Crippen molar-refractivity contribution in [3.63, 3.8) is 0 Å². The Hall–Kier alpha value is -2.76. The molecule has 1 aromatic carbocycles. The molecule has 3 amide bonds. The molecule has 0 saturated carbocycles. The van der Waals surface area contributed by atoms with Gasteiger partial charge in [0.2, 0.25) is 5.91 Å². The maximum absolute atomic E-state index is 11.8. The van der Waals surface area contributed by atoms with Gasteiger partial charge in [-0.05, 0) is 31.0 Å². The molecule has 0 radical (unpaired) electrons. The van der Waals surface area contributed by atoms with E-state index in [1.54, 1.807) is 6.26 Å². The van der Waals surface area contributed by atoms with Crippen LogP contribution in [0.1, 0.15) is 31.1 Å². The standard InChI is InChI=1S/C19H25N3O3/c1-15(9-10-17-8-5-13-25-17)22-19(24)20-12-11-18(23)21-14-16-6-3-2-4-7-16/h2-8,13,15H,9-12,14H2,1H3,(H,21,23)(H2,20,22,24)/t15-/m0/s1. The van der Waals surface area contributed by atoms with E-state index in [-0.39, 0.29) is 24.4 Å². The number of urea groups is 1. The number of nitrogens with one attached hydrogen (secondary N) is 3. The Kier molecular flexibility index (Phi) is 7.56. The first-order valence-electron chi connectivity index (χ1n) is 8.51. The van der Waals surface area contributed by atoms with Crippen molar-refractivity contribution in [1.29, 1.82) is 0 Å². The van der Waals surface area contributed by atoms with Crippen LogP contribution in [0.25, 0.3) is 0 Å². The number of benzene rings is 1. The van der Waals surface area contributed by atoms with E-state index in [0.29, 0.717) is 13.1 Å². The van der Waals surface area contributed by atoms with Crippen molar-refractivity contribution in [1.82, 2.24) is 16.0 Å². The summed E-state index contributed by atoms with van der Waals surface area (Å²) in [6.07, 6.45) is 3.46. The van der Waals surface area contributed by atoms with Crippen LogP contribution in [0.2, 0.25) is 0 Å². The van der Waals surface area contributed by atoms with Crippen molar-refractivity contribution in [2.45, 2.75) is 38.8 Å². The average molecular weight is 343 g/mol. The van der Waals surface area contributed by atoms with E-state index in [0.717, 1.165) is 24.2 Å². The lowest BCUT2D eigenvalue weighted by atomic mass is 10.1. The number of hydrogen-bond acceptors (Lipinski definition) is 3. The molecule has 0 aliphatic carbocycles. The summed E-state index contributed by atoms with van der Waals surface area (Å²) in [5, 5.41) is 8.38. The van der Waals surface area contributed by atoms with Gasteiger partial charge in [-0.2, -0.15) is 0 Å². The number of amides is 3. The van der Waals surface area contributed by atoms with Crippen molar-refractivity contribution >= 4 is 11.9 Å². The van der Waals surface area contributed by atoms with Crippen LogP contribution >= 0.6 is 0 Å². The van der Waals surface area contributed by atoms with Gasteiger partial charge in [0.25, 0.3) is 0 Å². The van der Waals surface area contributed by atoms with Crippen LogP contribution in [-0.2, 0) is 17.8 Å². The number of aryl methyl sites for hydroxylation is 1. The van der Waals surface area contributed by atoms with Gasteiger partial charge in [0.05, 0.1) is 6.26 Å². The van der Waals surface area contributed by atoms with Gasteiger partial charge >= 0.3 is 6.03 Å². The minimum atomic E-state index is -0.261. The van der Waals surface area contributed by atoms with Crippen molar-refractivity contribution in [2.24, 2.45) is 0 Å². The van der Waals surface area contributed by atoms with E-state index in [1.807, 2.05) is 49.4 Å². The molecule has 0 unspecified atom stereocenters. The zero-order chi connectivity index (χ0) is 17.9. The SMILES string of the molecule is C[C@@H](CCc1ccco1)NC(=O)NCCC(=O)NCc1ccccc1. The van der Waals surface area contributed by atoms with Gasteiger partial charge in [-0.3, -0.25) is 4.79 Å². The van der Waals surface area contributed by atoms with Crippen LogP contribution in [0.4, 0.5) is 4.79 Å². The second kappa shape index (κ2) is 10.2. The van der Waals surface area contributed by atoms with Gasteiger partial charge < -0.3 is 20.4 Å². The van der Waals surface area contributed by atoms with Gasteiger partial charge in [-0.25, -0.2) is 4.79 Å². The molecule has 2 rings (SSSR count). The van der Waals surface area contributed by atoms with Crippen LogP contribution in [-0.4, -0.2) is 24.5 Å². The molecular formula is C19H25N3O3. The number of carbonyl (C=O) groups excluding carboxylic acids is 2. The molecule has 0 bridgehead atoms. The van der Waals surface area contributed by atoms with E-state index in [4.69, 9.17) is 4.42 Å². The quantitative estimate of drug-likeness (QED) is 0.654. The second-order valence-electron chi connectivity index (χ2n) is 5.93. The summed E-state index contributed by atoms with van der Waals surface area (Å²) >= 11 is 0. The Morgan fingerprint density at radius 2 is 1.88 bits per heavy atom. The van der Waals surface area contributed by atoms with Gasteiger partial charge in [-0.1, -0.05) is 30.3 Å². The van der Waals surface area contributed by atoms with E-state index in [2.05, 4.69) is 16.0 Å². The molecule has 0 aliphatic heterocycles. The fourth-order valence-electron chi connectivity index (χ4n) is 2.34. The fraction of sp³-hybridized carbons (Fsp3) is 0.368. The van der Waals surface area contributed by atoms with Gasteiger partial charge in [-0.15, -0.1) is 0 Å². The Balaban J connectivity index is 1.54. The molecule has 1 aromatic heterocycles. The predicted octanol–water partition coefficient (Wildman–Crippen LogP) is 2.61. The lowest BCUT2D eigenvalue weighted by Crippen LogP contribution is -2.42. The summed E-state index contributed by atoms with van der Waals surface area (Å²) in [5.74, 6) is 0.819. The molecule has 2 aromatic rings. The van der Waals surface area contributed by atoms with Gasteiger partial charge in [0, 0.05) is 32.0 Å². The Morgan fingerprint density at radius 1 is 1.08 bits per heavy atom. The van der Waals surface area contributed by atoms with Gasteiger partial charge in [0.1, 0.15) is 5.76 Å². The first-order valence-corrected chi connectivity index (χ1v) is 8.51. The van der Waals surface area contributed by atoms with E-state index in [1.165, 1.54) is 0 Å². The number of hydrogen-bond donors (Lipinski definition) is 3. The number of rotatable bonds is 9. The fourth-order valence-corrected chi connectivity index (χ4v) is 2.34. The molecule has 3 N–H and O–H groups in total. The smallest absolute Gasteiger partial charge is 0.315 e. The van der Waals surface area contributed by atoms with Gasteiger partial charge in [0.15, 0.2) is 0 Å². The van der Waals surface area contributed by atoms with Crippen LogP contribution < -0.4 is 16.0 Å². The molecule has 0 aliphatic rings. The first-order chi connectivity index (χ1) is 12.1. The van der Waals surface area contributed by atoms with Crippen LogP contribution in [0.5, 0.6) is 0 Å². The summed E-state index contributed by atoms with van der Waals surface area (Å²) in [5.41, 5.74) is 1.05. The topological polar surface area (TPSA) is 83.4 Å². The highest BCUT2D eigenvalue weighted by Gasteiger charge is 2.09. The molecule has 0 spiro atoms. The molecule has 1 heterocycles. The first kappa shape index (κ1) is 18.6. The van der Waals surface area contributed by atoms with E-state index < -0.39 is 0 Å². The molecular weight excluding hydrogens is 318 g/mol. The van der Waals surface area contributed by atoms with E-state index >= 15 is 0 Å². The largest absolute Gasteiger partial charge is 0.469 e. The normalized spacial score (nSPS) is 11.6. The lowest BCUT2D eigenvalue weighted by molar-refractivity contribution is -0.121. The Bertz CT molecular complexity index is 641. The highest BCUT2D eigenvalue weighted by atomic mass is 16.3. The third kappa shape index (κ3) is 7.56. The lowest BCUT2D eigenvalue weighted by Gasteiger charge is -2.14. The maximum Gasteiger partial charge on any atom is 0.315 e. The summed E-state index contributed by atoms with van der Waals surface area (Å²) in [6.45, 7) is 2.74. The molecule has 6 nitrogen and oxygen atoms in total. The maximum atomic E-state index is 11.8. The Morgan fingerprint density at radius 3 is 2.60 bits per heavy atom. The average Bonchev–Trinajstić information content (AvgIpc) is 3.12. The number of furan rings is 1. The van der Waals surface area contributed by atoms with Crippen LogP contribution in [0.3, 0.4) is 0 Å². The summed E-state index contributed by atoms with van der Waals surface area (Å²) in [6, 6.07) is 13.2. The molecule has 1 atom stereocenters. The highest BCUT2D eigenvalue weighted by molar-refractivity contribution is 5.78. The summed E-state index contributed by atoms with van der Waals surface area (Å²) in [4.78, 5) is 23.6. The second-order valence-corrected chi connectivity index (χ2v) is 5.93. The van der Waals surface area contributed by atoms with E-state index in [9.17, 15) is 9.59 Å². The van der Waals surface area contributed by atoms with Crippen molar-refractivity contribution in [3.05, 3.63) is 60.1 Å². The molecule has 6 heteroatoms. The molecule has 0 fully saturated rings. The Labute approximate surface area is 148 Å². The highest BCUT2D eigenvalue weighted by Crippen LogP contribution is 2.05. The minimum Gasteiger partial charge on any atom is -0.469 e. The monoisotopic (exact) mass is 343 g/mol. The molecule has 134 valence electrons. The summed E-state index contributed by atoms with van der Waals surface area (Å²) in [7, 11) is 0. The third-order valence-corrected chi connectivity index (χ3v) is 3.75. The summed E-state index contributed by atoms with van der Waals surface area (Å²) < 4.78 is 5.26. The predicted molar refractivity (Wildman–Crippen MR) is 95.9 cm³/mol. The van der Waals surface area contributed by atoms with Crippen LogP contribution in [0, 0.1) is 0 Å².